The Hall–Kier alpha value is -0.340. The summed E-state index contributed by atoms with van der Waals surface area (Å²) in [4.78, 5) is 0. The van der Waals surface area contributed by atoms with Crippen LogP contribution in [-0.2, 0) is 10.0 Å². The molecule has 96 valence electrons. The van der Waals surface area contributed by atoms with Crippen LogP contribution in [0.25, 0.3) is 0 Å². The monoisotopic (exact) mass is 260 g/mol. The summed E-state index contributed by atoms with van der Waals surface area (Å²) in [6.45, 7) is 0.848. The maximum absolute atomic E-state index is 11.8. The van der Waals surface area contributed by atoms with Crippen molar-refractivity contribution in [2.75, 3.05) is 19.6 Å². The minimum atomic E-state index is -4.22. The summed E-state index contributed by atoms with van der Waals surface area (Å²) < 4.78 is 60.6. The molecule has 0 aromatic rings. The van der Waals surface area contributed by atoms with Crippen molar-refractivity contribution in [1.82, 2.24) is 10.0 Å². The van der Waals surface area contributed by atoms with Crippen molar-refractivity contribution in [3.63, 3.8) is 0 Å². The molecule has 0 spiro atoms. The van der Waals surface area contributed by atoms with E-state index in [0.717, 1.165) is 0 Å². The van der Waals surface area contributed by atoms with E-state index in [1.807, 2.05) is 0 Å². The summed E-state index contributed by atoms with van der Waals surface area (Å²) in [5, 5.41) is 2.38. The lowest BCUT2D eigenvalue weighted by Gasteiger charge is -2.12. The van der Waals surface area contributed by atoms with E-state index in [-0.39, 0.29) is 13.0 Å². The lowest BCUT2D eigenvalue weighted by atomic mass is 10.3. The van der Waals surface area contributed by atoms with Gasteiger partial charge in [-0.2, -0.15) is 13.2 Å². The molecule has 1 saturated heterocycles. The summed E-state index contributed by atoms with van der Waals surface area (Å²) in [7, 11) is -3.46. The van der Waals surface area contributed by atoms with Crippen LogP contribution in [0.4, 0.5) is 13.2 Å². The topological polar surface area (TPSA) is 58.2 Å². The van der Waals surface area contributed by atoms with Crippen LogP contribution < -0.4 is 10.0 Å². The van der Waals surface area contributed by atoms with E-state index in [2.05, 4.69) is 10.0 Å². The molecule has 0 aromatic carbocycles. The van der Waals surface area contributed by atoms with E-state index in [0.29, 0.717) is 19.5 Å². The molecule has 1 aliphatic rings. The van der Waals surface area contributed by atoms with Gasteiger partial charge in [0.2, 0.25) is 10.0 Å². The predicted octanol–water partition coefficient (Wildman–Crippen LogP) is 0.610. The molecule has 1 fully saturated rings. The zero-order valence-electron chi connectivity index (χ0n) is 8.68. The molecule has 1 unspecified atom stereocenters. The summed E-state index contributed by atoms with van der Waals surface area (Å²) in [6, 6.07) is 0. The van der Waals surface area contributed by atoms with E-state index >= 15 is 0 Å². The van der Waals surface area contributed by atoms with Crippen molar-refractivity contribution in [3.8, 4) is 0 Å². The number of rotatable bonds is 5. The third kappa shape index (κ3) is 4.67. The Balaban J connectivity index is 2.26. The van der Waals surface area contributed by atoms with Crippen molar-refractivity contribution in [1.29, 1.82) is 0 Å². The fourth-order valence-corrected chi connectivity index (χ4v) is 2.94. The molecule has 16 heavy (non-hydrogen) atoms. The molecule has 0 aliphatic carbocycles. The van der Waals surface area contributed by atoms with Crippen LogP contribution in [0.3, 0.4) is 0 Å². The van der Waals surface area contributed by atoms with Gasteiger partial charge in [-0.3, -0.25) is 0 Å². The summed E-state index contributed by atoms with van der Waals surface area (Å²) in [5.41, 5.74) is 0. The Kier molecular flexibility index (Phi) is 4.57. The van der Waals surface area contributed by atoms with Crippen molar-refractivity contribution in [2.45, 2.75) is 30.7 Å². The van der Waals surface area contributed by atoms with Crippen LogP contribution in [0.15, 0.2) is 0 Å². The highest BCUT2D eigenvalue weighted by Gasteiger charge is 2.29. The quantitative estimate of drug-likeness (QED) is 0.712. The van der Waals surface area contributed by atoms with Gasteiger partial charge in [-0.25, -0.2) is 13.1 Å². The maximum atomic E-state index is 11.8. The highest BCUT2D eigenvalue weighted by Crippen LogP contribution is 2.20. The van der Waals surface area contributed by atoms with Gasteiger partial charge in [0.05, 0.1) is 5.25 Å². The number of hydrogen-bond acceptors (Lipinski definition) is 3. The first-order valence-corrected chi connectivity index (χ1v) is 6.62. The number of halogens is 3. The van der Waals surface area contributed by atoms with Crippen LogP contribution in [0, 0.1) is 0 Å². The highest BCUT2D eigenvalue weighted by molar-refractivity contribution is 7.90. The Morgan fingerprint density at radius 1 is 1.38 bits per heavy atom. The minimum absolute atomic E-state index is 0.154. The molecule has 0 bridgehead atoms. The van der Waals surface area contributed by atoms with Gasteiger partial charge in [-0.05, 0) is 19.4 Å². The number of hydrogen-bond donors (Lipinski definition) is 2. The molecule has 1 rings (SSSR count). The lowest BCUT2D eigenvalue weighted by Crippen LogP contribution is -2.36. The molecule has 1 heterocycles. The van der Waals surface area contributed by atoms with Crippen molar-refractivity contribution < 1.29 is 21.6 Å². The van der Waals surface area contributed by atoms with Gasteiger partial charge in [0, 0.05) is 19.5 Å². The highest BCUT2D eigenvalue weighted by atomic mass is 32.2. The van der Waals surface area contributed by atoms with Crippen LogP contribution in [-0.4, -0.2) is 39.5 Å². The van der Waals surface area contributed by atoms with Crippen molar-refractivity contribution in [3.05, 3.63) is 0 Å². The molecule has 4 nitrogen and oxygen atoms in total. The first-order valence-electron chi connectivity index (χ1n) is 5.07. The predicted molar refractivity (Wildman–Crippen MR) is 53.5 cm³/mol. The minimum Gasteiger partial charge on any atom is -0.315 e. The average Bonchev–Trinajstić information content (AvgIpc) is 2.64. The third-order valence-electron chi connectivity index (χ3n) is 2.39. The van der Waals surface area contributed by atoms with Crippen molar-refractivity contribution in [2.24, 2.45) is 0 Å². The van der Waals surface area contributed by atoms with Gasteiger partial charge in [-0.1, -0.05) is 0 Å². The Morgan fingerprint density at radius 3 is 2.56 bits per heavy atom. The zero-order valence-corrected chi connectivity index (χ0v) is 9.50. The Labute approximate surface area is 92.6 Å². The van der Waals surface area contributed by atoms with Gasteiger partial charge in [0.25, 0.3) is 0 Å². The molecule has 2 N–H and O–H groups in total. The number of nitrogens with one attached hydrogen (secondary N) is 2. The van der Waals surface area contributed by atoms with Gasteiger partial charge in [0.15, 0.2) is 0 Å². The van der Waals surface area contributed by atoms with E-state index in [9.17, 15) is 21.6 Å². The third-order valence-corrected chi connectivity index (χ3v) is 4.28. The van der Waals surface area contributed by atoms with Crippen LogP contribution in [0.2, 0.25) is 0 Å². The smallest absolute Gasteiger partial charge is 0.315 e. The Morgan fingerprint density at radius 2 is 2.06 bits per heavy atom. The normalized spacial score (nSPS) is 22.6. The average molecular weight is 260 g/mol. The van der Waals surface area contributed by atoms with Gasteiger partial charge < -0.3 is 5.32 Å². The van der Waals surface area contributed by atoms with Crippen molar-refractivity contribution >= 4 is 10.0 Å². The zero-order chi connectivity index (χ0) is 12.2. The molecular weight excluding hydrogens is 245 g/mol. The van der Waals surface area contributed by atoms with E-state index in [1.54, 1.807) is 0 Å². The molecule has 0 radical (unpaired) electrons. The summed E-state index contributed by atoms with van der Waals surface area (Å²) >= 11 is 0. The molecule has 0 amide bonds. The van der Waals surface area contributed by atoms with Crippen LogP contribution >= 0.6 is 0 Å². The number of sulfonamides is 1. The standard InChI is InChI=1S/C8H15F3N2O2S/c9-8(10,11)3-1-4-13-16(14,15)7-2-5-12-6-7/h7,12-13H,1-6H2. The van der Waals surface area contributed by atoms with E-state index < -0.39 is 27.9 Å². The summed E-state index contributed by atoms with van der Waals surface area (Å²) in [5.74, 6) is 0. The second-order valence-electron chi connectivity index (χ2n) is 3.77. The second-order valence-corrected chi connectivity index (χ2v) is 5.82. The second kappa shape index (κ2) is 5.33. The number of alkyl halides is 3. The molecular formula is C8H15F3N2O2S. The van der Waals surface area contributed by atoms with E-state index in [4.69, 9.17) is 0 Å². The van der Waals surface area contributed by atoms with E-state index in [1.165, 1.54) is 0 Å². The largest absolute Gasteiger partial charge is 0.389 e. The molecule has 0 saturated carbocycles. The first kappa shape index (κ1) is 13.7. The maximum Gasteiger partial charge on any atom is 0.389 e. The van der Waals surface area contributed by atoms with Crippen LogP contribution in [0.1, 0.15) is 19.3 Å². The summed E-state index contributed by atoms with van der Waals surface area (Å²) in [6.07, 6.45) is -4.89. The fourth-order valence-electron chi connectivity index (χ4n) is 1.51. The Bertz CT molecular complexity index is 310. The van der Waals surface area contributed by atoms with Gasteiger partial charge >= 0.3 is 6.18 Å². The first-order chi connectivity index (χ1) is 7.31. The lowest BCUT2D eigenvalue weighted by molar-refractivity contribution is -0.135. The molecule has 0 aromatic heterocycles. The fraction of sp³-hybridized carbons (Fsp3) is 1.00. The van der Waals surface area contributed by atoms with Gasteiger partial charge in [0.1, 0.15) is 0 Å². The molecule has 1 atom stereocenters. The van der Waals surface area contributed by atoms with Gasteiger partial charge in [-0.15, -0.1) is 0 Å². The molecule has 1 aliphatic heterocycles. The van der Waals surface area contributed by atoms with Crippen LogP contribution in [0.5, 0.6) is 0 Å². The molecule has 8 heteroatoms. The SMILES string of the molecule is O=S(=O)(NCCCC(F)(F)F)C1CCNC1.